The number of benzene rings is 2. The molecule has 1 aliphatic heterocycles. The van der Waals surface area contributed by atoms with Crippen molar-refractivity contribution in [1.82, 2.24) is 10.5 Å². The molecule has 24 heavy (non-hydrogen) atoms. The molecule has 0 aliphatic carbocycles. The molecule has 0 bridgehead atoms. The van der Waals surface area contributed by atoms with Crippen LogP contribution in [0.5, 0.6) is 5.75 Å². The summed E-state index contributed by atoms with van der Waals surface area (Å²) in [5, 5.41) is 8.88. The Kier molecular flexibility index (Phi) is 4.09. The number of anilines is 1. The minimum atomic E-state index is 0.358. The van der Waals surface area contributed by atoms with Crippen LogP contribution in [0.2, 0.25) is 0 Å². The van der Waals surface area contributed by atoms with Gasteiger partial charge in [0, 0.05) is 31.7 Å². The van der Waals surface area contributed by atoms with E-state index in [2.05, 4.69) is 45.7 Å². The standard InChI is InChI=1S/C19H21N3O2/c1-23-16-7-8-17-18(12-16)24-21-19(17)22-10-9-20-13-15(22)11-14-5-3-2-4-6-14/h2-8,12,15,20H,9-11,13H2,1H3. The summed E-state index contributed by atoms with van der Waals surface area (Å²) in [6.07, 6.45) is 0.984. The molecule has 0 saturated carbocycles. The minimum Gasteiger partial charge on any atom is -0.497 e. The Morgan fingerprint density at radius 2 is 2.12 bits per heavy atom. The molecule has 3 aromatic rings. The van der Waals surface area contributed by atoms with Gasteiger partial charge in [0.2, 0.25) is 0 Å². The fourth-order valence-corrected chi connectivity index (χ4v) is 3.35. The molecular weight excluding hydrogens is 302 g/mol. The van der Waals surface area contributed by atoms with Crippen LogP contribution < -0.4 is 15.0 Å². The third kappa shape index (κ3) is 2.83. The highest BCUT2D eigenvalue weighted by Gasteiger charge is 2.26. The lowest BCUT2D eigenvalue weighted by Gasteiger charge is -2.36. The average Bonchev–Trinajstić information content (AvgIpc) is 3.06. The van der Waals surface area contributed by atoms with Gasteiger partial charge in [-0.15, -0.1) is 0 Å². The largest absolute Gasteiger partial charge is 0.497 e. The average molecular weight is 323 g/mol. The third-order valence-corrected chi connectivity index (χ3v) is 4.60. The first-order chi connectivity index (χ1) is 11.8. The Bertz CT molecular complexity index is 816. The quantitative estimate of drug-likeness (QED) is 0.800. The molecule has 0 spiro atoms. The maximum absolute atomic E-state index is 5.55. The number of aromatic nitrogens is 1. The second-order valence-electron chi connectivity index (χ2n) is 6.11. The number of rotatable bonds is 4. The van der Waals surface area contributed by atoms with Crippen LogP contribution >= 0.6 is 0 Å². The smallest absolute Gasteiger partial charge is 0.180 e. The van der Waals surface area contributed by atoms with Gasteiger partial charge < -0.3 is 19.5 Å². The first-order valence-electron chi connectivity index (χ1n) is 8.30. The van der Waals surface area contributed by atoms with Crippen molar-refractivity contribution in [1.29, 1.82) is 0 Å². The lowest BCUT2D eigenvalue weighted by molar-refractivity contribution is 0.410. The monoisotopic (exact) mass is 323 g/mol. The van der Waals surface area contributed by atoms with Gasteiger partial charge in [-0.1, -0.05) is 35.5 Å². The summed E-state index contributed by atoms with van der Waals surface area (Å²) in [4.78, 5) is 2.36. The molecule has 1 aromatic heterocycles. The maximum Gasteiger partial charge on any atom is 0.180 e. The van der Waals surface area contributed by atoms with Crippen LogP contribution in [-0.2, 0) is 6.42 Å². The van der Waals surface area contributed by atoms with Crippen molar-refractivity contribution in [2.24, 2.45) is 0 Å². The predicted molar refractivity (Wildman–Crippen MR) is 94.7 cm³/mol. The van der Waals surface area contributed by atoms with Crippen LogP contribution in [0.1, 0.15) is 5.56 Å². The highest BCUT2D eigenvalue weighted by molar-refractivity contribution is 5.89. The molecule has 2 aromatic carbocycles. The van der Waals surface area contributed by atoms with E-state index < -0.39 is 0 Å². The number of methoxy groups -OCH3 is 1. The summed E-state index contributed by atoms with van der Waals surface area (Å²) < 4.78 is 10.8. The van der Waals surface area contributed by atoms with Crippen molar-refractivity contribution in [3.05, 3.63) is 54.1 Å². The molecule has 1 fully saturated rings. The van der Waals surface area contributed by atoms with Crippen molar-refractivity contribution < 1.29 is 9.26 Å². The van der Waals surface area contributed by atoms with E-state index in [1.165, 1.54) is 5.56 Å². The lowest BCUT2D eigenvalue weighted by atomic mass is 10.0. The number of hydrogen-bond acceptors (Lipinski definition) is 5. The number of ether oxygens (including phenoxy) is 1. The minimum absolute atomic E-state index is 0.358. The summed E-state index contributed by atoms with van der Waals surface area (Å²) in [5.74, 6) is 1.71. The Morgan fingerprint density at radius 1 is 1.25 bits per heavy atom. The summed E-state index contributed by atoms with van der Waals surface area (Å²) in [6, 6.07) is 16.8. The molecule has 5 heteroatoms. The van der Waals surface area contributed by atoms with Gasteiger partial charge in [-0.3, -0.25) is 0 Å². The summed E-state index contributed by atoms with van der Waals surface area (Å²) >= 11 is 0. The Hall–Kier alpha value is -2.53. The van der Waals surface area contributed by atoms with Gasteiger partial charge in [-0.25, -0.2) is 0 Å². The van der Waals surface area contributed by atoms with E-state index in [9.17, 15) is 0 Å². The highest BCUT2D eigenvalue weighted by atomic mass is 16.5. The molecule has 0 radical (unpaired) electrons. The van der Waals surface area contributed by atoms with Gasteiger partial charge in [-0.2, -0.15) is 0 Å². The van der Waals surface area contributed by atoms with Crippen LogP contribution in [0.4, 0.5) is 5.82 Å². The number of hydrogen-bond donors (Lipinski definition) is 1. The Labute approximate surface area is 141 Å². The molecule has 1 N–H and O–H groups in total. The predicted octanol–water partition coefficient (Wildman–Crippen LogP) is 2.86. The van der Waals surface area contributed by atoms with Crippen LogP contribution in [0.15, 0.2) is 53.1 Å². The molecule has 1 atom stereocenters. The molecule has 2 heterocycles. The van der Waals surface area contributed by atoms with E-state index in [1.54, 1.807) is 7.11 Å². The van der Waals surface area contributed by atoms with Crippen LogP contribution in [0.3, 0.4) is 0 Å². The van der Waals surface area contributed by atoms with Gasteiger partial charge in [0.1, 0.15) is 5.75 Å². The summed E-state index contributed by atoms with van der Waals surface area (Å²) in [6.45, 7) is 2.82. The fraction of sp³-hybridized carbons (Fsp3) is 0.316. The van der Waals surface area contributed by atoms with Crippen LogP contribution in [0, 0.1) is 0 Å². The van der Waals surface area contributed by atoms with Crippen molar-refractivity contribution >= 4 is 16.8 Å². The zero-order valence-corrected chi connectivity index (χ0v) is 13.7. The molecule has 1 saturated heterocycles. The summed E-state index contributed by atoms with van der Waals surface area (Å²) in [7, 11) is 1.66. The van der Waals surface area contributed by atoms with Crippen molar-refractivity contribution in [3.8, 4) is 5.75 Å². The van der Waals surface area contributed by atoms with Gasteiger partial charge in [0.15, 0.2) is 11.4 Å². The number of fused-ring (bicyclic) bond motifs is 1. The molecular formula is C19H21N3O2. The topological polar surface area (TPSA) is 50.5 Å². The van der Waals surface area contributed by atoms with Gasteiger partial charge in [-0.05, 0) is 24.1 Å². The first-order valence-corrected chi connectivity index (χ1v) is 8.30. The Balaban J connectivity index is 1.65. The highest BCUT2D eigenvalue weighted by Crippen LogP contribution is 2.31. The van der Waals surface area contributed by atoms with E-state index in [1.807, 2.05) is 18.2 Å². The number of piperazine rings is 1. The zero-order chi connectivity index (χ0) is 16.4. The molecule has 1 aliphatic rings. The lowest BCUT2D eigenvalue weighted by Crippen LogP contribution is -2.52. The van der Waals surface area contributed by atoms with Crippen LogP contribution in [0.25, 0.3) is 11.0 Å². The fourth-order valence-electron chi connectivity index (χ4n) is 3.35. The van der Waals surface area contributed by atoms with E-state index >= 15 is 0 Å². The molecule has 1 unspecified atom stereocenters. The molecule has 5 nitrogen and oxygen atoms in total. The van der Waals surface area contributed by atoms with Crippen molar-refractivity contribution in [2.45, 2.75) is 12.5 Å². The van der Waals surface area contributed by atoms with E-state index in [0.717, 1.165) is 48.6 Å². The van der Waals surface area contributed by atoms with E-state index in [0.29, 0.717) is 6.04 Å². The van der Waals surface area contributed by atoms with Gasteiger partial charge in [0.05, 0.1) is 12.5 Å². The van der Waals surface area contributed by atoms with E-state index in [-0.39, 0.29) is 0 Å². The second-order valence-corrected chi connectivity index (χ2v) is 6.11. The van der Waals surface area contributed by atoms with Crippen molar-refractivity contribution in [3.63, 3.8) is 0 Å². The van der Waals surface area contributed by atoms with Crippen molar-refractivity contribution in [2.75, 3.05) is 31.6 Å². The van der Waals surface area contributed by atoms with Gasteiger partial charge >= 0.3 is 0 Å². The van der Waals surface area contributed by atoms with Crippen LogP contribution in [-0.4, -0.2) is 37.9 Å². The zero-order valence-electron chi connectivity index (χ0n) is 13.7. The third-order valence-electron chi connectivity index (χ3n) is 4.60. The maximum atomic E-state index is 5.55. The number of nitrogens with zero attached hydrogens (tertiary/aromatic N) is 2. The first kappa shape index (κ1) is 15.0. The summed E-state index contributed by atoms with van der Waals surface area (Å²) in [5.41, 5.74) is 2.10. The molecule has 124 valence electrons. The molecule has 0 amide bonds. The SMILES string of the molecule is COc1ccc2c(N3CCNCC3Cc3ccccc3)noc2c1. The second kappa shape index (κ2) is 6.53. The van der Waals surface area contributed by atoms with Gasteiger partial charge in [0.25, 0.3) is 0 Å². The number of nitrogens with one attached hydrogen (secondary N) is 1. The normalized spacial score (nSPS) is 18.0. The Morgan fingerprint density at radius 3 is 2.96 bits per heavy atom. The van der Waals surface area contributed by atoms with E-state index in [4.69, 9.17) is 9.26 Å². The molecule has 4 rings (SSSR count).